The maximum atomic E-state index is 14.3. The Morgan fingerprint density at radius 2 is 1.46 bits per heavy atom. The fourth-order valence-electron chi connectivity index (χ4n) is 7.20. The molecule has 0 spiro atoms. The lowest BCUT2D eigenvalue weighted by Crippen LogP contribution is -2.72. The van der Waals surface area contributed by atoms with Crippen LogP contribution in [0.5, 0.6) is 5.75 Å². The summed E-state index contributed by atoms with van der Waals surface area (Å²) in [6.07, 6.45) is -2.26. The lowest BCUT2D eigenvalue weighted by molar-refractivity contribution is -0.189. The van der Waals surface area contributed by atoms with Crippen molar-refractivity contribution in [2.45, 2.75) is 31.0 Å². The molecule has 0 aliphatic heterocycles. The Morgan fingerprint density at radius 1 is 0.902 bits per heavy atom. The van der Waals surface area contributed by atoms with Crippen molar-refractivity contribution in [1.29, 1.82) is 0 Å². The molecular formula is C32H27NO8. The topological polar surface area (TPSA) is 172 Å². The molecule has 2 unspecified atom stereocenters. The number of fused-ring (bicyclic) bond motifs is 3. The van der Waals surface area contributed by atoms with Crippen molar-refractivity contribution in [2.75, 3.05) is 0 Å². The molecule has 9 heteroatoms. The van der Waals surface area contributed by atoms with Crippen molar-refractivity contribution in [2.24, 2.45) is 29.4 Å². The molecular weight excluding hydrogens is 526 g/mol. The third-order valence-corrected chi connectivity index (χ3v) is 9.12. The zero-order chi connectivity index (χ0) is 29.4. The summed E-state index contributed by atoms with van der Waals surface area (Å²) in [5, 5.41) is 34.7. The number of hydrogen-bond acceptors (Lipinski definition) is 8. The van der Waals surface area contributed by atoms with Gasteiger partial charge in [0.15, 0.2) is 34.7 Å². The summed E-state index contributed by atoms with van der Waals surface area (Å²) in [4.78, 5) is 66.2. The molecule has 2 saturated carbocycles. The van der Waals surface area contributed by atoms with E-state index in [4.69, 9.17) is 5.73 Å². The van der Waals surface area contributed by atoms with E-state index in [1.807, 2.05) is 30.3 Å². The number of phenols is 1. The minimum Gasteiger partial charge on any atom is -0.507 e. The minimum absolute atomic E-state index is 0.132. The first-order chi connectivity index (χ1) is 19.5. The van der Waals surface area contributed by atoms with Crippen molar-refractivity contribution in [1.82, 2.24) is 0 Å². The van der Waals surface area contributed by atoms with Crippen LogP contribution in [0, 0.1) is 23.7 Å². The first-order valence-electron chi connectivity index (χ1n) is 13.4. The first-order valence-corrected chi connectivity index (χ1v) is 13.4. The Bertz CT molecular complexity index is 1650. The summed E-state index contributed by atoms with van der Waals surface area (Å²) in [6.45, 7) is 1.70. The van der Waals surface area contributed by atoms with Crippen LogP contribution in [0.25, 0.3) is 22.3 Å². The summed E-state index contributed by atoms with van der Waals surface area (Å²) in [5.74, 6) is -13.2. The van der Waals surface area contributed by atoms with Gasteiger partial charge in [0.1, 0.15) is 5.75 Å². The van der Waals surface area contributed by atoms with Crippen molar-refractivity contribution in [3.8, 4) is 28.0 Å². The number of amides is 1. The number of phenolic OH excluding ortho intramolecular Hbond substituents is 1. The Kier molecular flexibility index (Phi) is 6.06. The number of primary amides is 1. The average molecular weight is 554 g/mol. The van der Waals surface area contributed by atoms with Crippen molar-refractivity contribution < 1.29 is 39.3 Å². The van der Waals surface area contributed by atoms with Crippen LogP contribution >= 0.6 is 0 Å². The number of carbonyl (C=O) groups excluding carboxylic acids is 5. The Labute approximate surface area is 234 Å². The minimum atomic E-state index is -2.96. The van der Waals surface area contributed by atoms with Crippen LogP contribution in [0.15, 0.2) is 66.7 Å². The summed E-state index contributed by atoms with van der Waals surface area (Å²) in [6, 6.07) is 19.8. The van der Waals surface area contributed by atoms with Crippen LogP contribution in [0.2, 0.25) is 0 Å². The van der Waals surface area contributed by atoms with Gasteiger partial charge in [-0.05, 0) is 34.2 Å². The van der Waals surface area contributed by atoms with Gasteiger partial charge in [0, 0.05) is 23.8 Å². The third-order valence-electron chi connectivity index (χ3n) is 9.12. The summed E-state index contributed by atoms with van der Waals surface area (Å²) in [7, 11) is 0. The van der Waals surface area contributed by atoms with Crippen LogP contribution in [0.4, 0.5) is 0 Å². The van der Waals surface area contributed by atoms with Crippen LogP contribution in [-0.2, 0) is 19.2 Å². The van der Waals surface area contributed by atoms with Gasteiger partial charge in [0.2, 0.25) is 5.91 Å². The van der Waals surface area contributed by atoms with Crippen molar-refractivity contribution in [3.63, 3.8) is 0 Å². The van der Waals surface area contributed by atoms with Gasteiger partial charge in [0.25, 0.3) is 0 Å². The van der Waals surface area contributed by atoms with E-state index < -0.39 is 76.8 Å². The SMILES string of the molecule is C[C@H]1c2c(-c3ccccc3)cc(-c3ccccc3)c(O)c2C(=O)C2C(=O)[C@]3(O)C(=O)C(C(N)=O)C(=O)C[C@@H]3[C@@H](O)[C@@H]21. The number of rotatable bonds is 3. The van der Waals surface area contributed by atoms with E-state index in [9.17, 15) is 39.3 Å². The second-order valence-electron chi connectivity index (χ2n) is 11.1. The smallest absolute Gasteiger partial charge is 0.235 e. The molecule has 3 aliphatic carbocycles. The number of ketones is 4. The zero-order valence-corrected chi connectivity index (χ0v) is 22.0. The molecule has 208 valence electrons. The van der Waals surface area contributed by atoms with Crippen LogP contribution < -0.4 is 5.73 Å². The number of nitrogens with two attached hydrogens (primary N) is 1. The highest BCUT2D eigenvalue weighted by molar-refractivity contribution is 6.31. The monoisotopic (exact) mass is 553 g/mol. The molecule has 9 nitrogen and oxygen atoms in total. The Balaban J connectivity index is 1.60. The molecule has 7 atom stereocenters. The van der Waals surface area contributed by atoms with Gasteiger partial charge >= 0.3 is 0 Å². The van der Waals surface area contributed by atoms with E-state index in [2.05, 4.69) is 0 Å². The molecule has 2 fully saturated rings. The highest BCUT2D eigenvalue weighted by Gasteiger charge is 2.70. The van der Waals surface area contributed by atoms with Gasteiger partial charge in [0.05, 0.1) is 17.6 Å². The molecule has 3 aromatic rings. The normalized spacial score (nSPS) is 30.8. The van der Waals surface area contributed by atoms with Gasteiger partial charge < -0.3 is 21.1 Å². The van der Waals surface area contributed by atoms with Gasteiger partial charge in [-0.15, -0.1) is 0 Å². The number of aliphatic hydroxyl groups is 2. The maximum Gasteiger partial charge on any atom is 0.235 e. The quantitative estimate of drug-likeness (QED) is 0.357. The number of hydrogen-bond donors (Lipinski definition) is 4. The molecule has 0 heterocycles. The first kappa shape index (κ1) is 26.7. The highest BCUT2D eigenvalue weighted by atomic mass is 16.3. The molecule has 3 aliphatic rings. The fourth-order valence-corrected chi connectivity index (χ4v) is 7.20. The number of aromatic hydroxyl groups is 1. The fraction of sp³-hybridized carbons (Fsp3) is 0.281. The molecule has 5 N–H and O–H groups in total. The average Bonchev–Trinajstić information content (AvgIpc) is 2.96. The second kappa shape index (κ2) is 9.29. The number of carbonyl (C=O) groups is 5. The molecule has 41 heavy (non-hydrogen) atoms. The van der Waals surface area contributed by atoms with E-state index in [0.717, 1.165) is 5.56 Å². The molecule has 6 rings (SSSR count). The van der Waals surface area contributed by atoms with Gasteiger partial charge in [-0.3, -0.25) is 24.0 Å². The third kappa shape index (κ3) is 3.59. The van der Waals surface area contributed by atoms with Crippen LogP contribution in [0.3, 0.4) is 0 Å². The number of Topliss-reactive ketones (excluding diaryl/α,β-unsaturated/α-hetero) is 4. The molecule has 0 aromatic heterocycles. The zero-order valence-electron chi connectivity index (χ0n) is 22.0. The van der Waals surface area contributed by atoms with Gasteiger partial charge in [-0.25, -0.2) is 0 Å². The number of aliphatic hydroxyl groups excluding tert-OH is 1. The van der Waals surface area contributed by atoms with Crippen LogP contribution in [0.1, 0.15) is 35.2 Å². The predicted molar refractivity (Wildman–Crippen MR) is 145 cm³/mol. The van der Waals surface area contributed by atoms with E-state index in [-0.39, 0.29) is 11.3 Å². The van der Waals surface area contributed by atoms with E-state index in [1.54, 1.807) is 43.3 Å². The standard InChI is InChI=1S/C32H27NO8/c1-14-21-17(15-8-4-2-5-9-15)12-18(16-10-6-3-7-11-16)26(35)24(21)28(37)25-22(14)27(36)19-13-20(34)23(31(33)40)29(38)32(19,41)30(25)39/h2-12,14,19,22-23,25,27,35-36,41H,13H2,1H3,(H2,33,40)/t14-,19+,22+,23?,25?,27+,32+/m0/s1. The lowest BCUT2D eigenvalue weighted by atomic mass is 9.50. The van der Waals surface area contributed by atoms with Gasteiger partial charge in [-0.1, -0.05) is 67.6 Å². The predicted octanol–water partition coefficient (Wildman–Crippen LogP) is 2.19. The van der Waals surface area contributed by atoms with E-state index in [0.29, 0.717) is 22.3 Å². The second-order valence-corrected chi connectivity index (χ2v) is 11.1. The summed E-state index contributed by atoms with van der Waals surface area (Å²) >= 11 is 0. The molecule has 0 radical (unpaired) electrons. The van der Waals surface area contributed by atoms with E-state index in [1.165, 1.54) is 0 Å². The highest BCUT2D eigenvalue weighted by Crippen LogP contribution is 2.56. The molecule has 0 saturated heterocycles. The summed E-state index contributed by atoms with van der Waals surface area (Å²) < 4.78 is 0. The maximum absolute atomic E-state index is 14.3. The van der Waals surface area contributed by atoms with Crippen molar-refractivity contribution >= 4 is 29.0 Å². The molecule has 0 bridgehead atoms. The summed E-state index contributed by atoms with van der Waals surface area (Å²) in [5.41, 5.74) is 4.88. The number of benzene rings is 3. The van der Waals surface area contributed by atoms with Crippen LogP contribution in [-0.4, -0.2) is 56.1 Å². The Morgan fingerprint density at radius 3 is 2.02 bits per heavy atom. The molecule has 1 amide bonds. The Hall–Kier alpha value is -4.47. The molecule has 3 aromatic carbocycles. The lowest BCUT2D eigenvalue weighted by Gasteiger charge is -2.53. The van der Waals surface area contributed by atoms with E-state index >= 15 is 0 Å². The largest absolute Gasteiger partial charge is 0.507 e. The van der Waals surface area contributed by atoms with Crippen molar-refractivity contribution in [3.05, 3.63) is 77.9 Å². The van der Waals surface area contributed by atoms with Gasteiger partial charge in [-0.2, -0.15) is 0 Å².